The highest BCUT2D eigenvalue weighted by Gasteiger charge is 2.24. The normalized spacial score (nSPS) is 16.6. The predicted octanol–water partition coefficient (Wildman–Crippen LogP) is 3.36. The monoisotopic (exact) mass is 355 g/mol. The molecule has 2 aromatic carbocycles. The Kier molecular flexibility index (Phi) is 6.00. The molecule has 1 aliphatic rings. The van der Waals surface area contributed by atoms with Gasteiger partial charge in [-0.15, -0.1) is 0 Å². The van der Waals surface area contributed by atoms with E-state index in [2.05, 4.69) is 12.2 Å². The van der Waals surface area contributed by atoms with Crippen molar-refractivity contribution in [2.45, 2.75) is 38.9 Å². The number of carbonyl (C=O) groups excluding carboxylic acids is 1. The molecule has 0 aromatic heterocycles. The van der Waals surface area contributed by atoms with E-state index in [-0.39, 0.29) is 12.0 Å². The maximum Gasteiger partial charge on any atom is 0.261 e. The van der Waals surface area contributed by atoms with Crippen LogP contribution in [0.25, 0.3) is 0 Å². The minimum Gasteiger partial charge on any atom is -0.486 e. The van der Waals surface area contributed by atoms with Gasteiger partial charge in [0.25, 0.3) is 5.91 Å². The molecule has 1 aliphatic heterocycles. The van der Waals surface area contributed by atoms with Crippen molar-refractivity contribution in [1.82, 2.24) is 5.32 Å². The van der Waals surface area contributed by atoms with Gasteiger partial charge in [-0.1, -0.05) is 38.1 Å². The first-order valence-electron chi connectivity index (χ1n) is 9.11. The van der Waals surface area contributed by atoms with E-state index in [1.54, 1.807) is 0 Å². The third-order valence-electron chi connectivity index (χ3n) is 4.34. The van der Waals surface area contributed by atoms with Gasteiger partial charge in [-0.25, -0.2) is 0 Å². The number of carbonyl (C=O) groups is 1. The van der Waals surface area contributed by atoms with Crippen LogP contribution in [0.15, 0.2) is 48.5 Å². The first-order valence-corrected chi connectivity index (χ1v) is 9.11. The summed E-state index contributed by atoms with van der Waals surface area (Å²) < 4.78 is 17.4. The van der Waals surface area contributed by atoms with Crippen LogP contribution >= 0.6 is 0 Å². The lowest BCUT2D eigenvalue weighted by molar-refractivity contribution is -0.128. The van der Waals surface area contributed by atoms with Gasteiger partial charge < -0.3 is 19.5 Å². The van der Waals surface area contributed by atoms with Crippen molar-refractivity contribution < 1.29 is 19.0 Å². The van der Waals surface area contributed by atoms with Crippen molar-refractivity contribution in [3.05, 3.63) is 54.1 Å². The Hall–Kier alpha value is -2.69. The lowest BCUT2D eigenvalue weighted by atomic mass is 10.1. The fourth-order valence-corrected chi connectivity index (χ4v) is 2.78. The highest BCUT2D eigenvalue weighted by molar-refractivity contribution is 5.81. The second-order valence-corrected chi connectivity index (χ2v) is 6.25. The molecule has 0 aliphatic carbocycles. The molecule has 2 atom stereocenters. The van der Waals surface area contributed by atoms with Gasteiger partial charge in [0, 0.05) is 0 Å². The SMILES string of the molecule is CCc1ccc(O[C@@H](CC)C(=O)NC[C@@H]2COc3ccccc3O2)cc1. The zero-order valence-electron chi connectivity index (χ0n) is 15.2. The lowest BCUT2D eigenvalue weighted by Crippen LogP contribution is -2.45. The van der Waals surface area contributed by atoms with Crippen molar-refractivity contribution in [3.8, 4) is 17.2 Å². The molecule has 0 unspecified atom stereocenters. The summed E-state index contributed by atoms with van der Waals surface area (Å²) in [5.74, 6) is 2.00. The van der Waals surface area contributed by atoms with Gasteiger partial charge in [-0.05, 0) is 42.7 Å². The summed E-state index contributed by atoms with van der Waals surface area (Å²) in [6.45, 7) is 4.82. The molecule has 26 heavy (non-hydrogen) atoms. The molecule has 3 rings (SSSR count). The zero-order chi connectivity index (χ0) is 18.4. The first-order chi connectivity index (χ1) is 12.7. The van der Waals surface area contributed by atoms with Gasteiger partial charge in [0.05, 0.1) is 6.54 Å². The van der Waals surface area contributed by atoms with Gasteiger partial charge in [0.2, 0.25) is 0 Å². The molecule has 138 valence electrons. The average molecular weight is 355 g/mol. The van der Waals surface area contributed by atoms with Crippen LogP contribution in [0.1, 0.15) is 25.8 Å². The van der Waals surface area contributed by atoms with E-state index < -0.39 is 6.10 Å². The molecular weight excluding hydrogens is 330 g/mol. The van der Waals surface area contributed by atoms with E-state index in [9.17, 15) is 4.79 Å². The maximum atomic E-state index is 12.5. The van der Waals surface area contributed by atoms with Gasteiger partial charge in [0.15, 0.2) is 17.6 Å². The smallest absolute Gasteiger partial charge is 0.261 e. The Bertz CT molecular complexity index is 729. The zero-order valence-corrected chi connectivity index (χ0v) is 15.2. The van der Waals surface area contributed by atoms with E-state index in [1.165, 1.54) is 5.56 Å². The van der Waals surface area contributed by atoms with E-state index in [0.717, 1.165) is 12.2 Å². The number of para-hydroxylation sites is 2. The van der Waals surface area contributed by atoms with Gasteiger partial charge in [0.1, 0.15) is 18.5 Å². The van der Waals surface area contributed by atoms with E-state index in [4.69, 9.17) is 14.2 Å². The van der Waals surface area contributed by atoms with Gasteiger partial charge in [-0.2, -0.15) is 0 Å². The van der Waals surface area contributed by atoms with E-state index >= 15 is 0 Å². The third kappa shape index (κ3) is 4.48. The largest absolute Gasteiger partial charge is 0.486 e. The Labute approximate surface area is 154 Å². The molecular formula is C21H25NO4. The van der Waals surface area contributed by atoms with Crippen LogP contribution in [0, 0.1) is 0 Å². The standard InChI is InChI=1S/C21H25NO4/c1-3-15-9-11-16(12-10-15)25-18(4-2)21(23)22-13-17-14-24-19-7-5-6-8-20(19)26-17/h5-12,17-18H,3-4,13-14H2,1-2H3,(H,22,23)/t17-,18+/m1/s1. The molecule has 0 radical (unpaired) electrons. The summed E-state index contributed by atoms with van der Waals surface area (Å²) in [5, 5.41) is 2.91. The Morgan fingerprint density at radius 3 is 2.58 bits per heavy atom. The maximum absolute atomic E-state index is 12.5. The number of fused-ring (bicyclic) bond motifs is 1. The molecule has 5 heteroatoms. The van der Waals surface area contributed by atoms with Crippen LogP contribution in [0.4, 0.5) is 0 Å². The molecule has 1 amide bonds. The van der Waals surface area contributed by atoms with Crippen molar-refractivity contribution in [3.63, 3.8) is 0 Å². The van der Waals surface area contributed by atoms with Crippen LogP contribution in [-0.2, 0) is 11.2 Å². The fraction of sp³-hybridized carbons (Fsp3) is 0.381. The summed E-state index contributed by atoms with van der Waals surface area (Å²) in [7, 11) is 0. The Morgan fingerprint density at radius 1 is 1.15 bits per heavy atom. The van der Waals surface area contributed by atoms with Crippen LogP contribution in [0.3, 0.4) is 0 Å². The number of hydrogen-bond donors (Lipinski definition) is 1. The highest BCUT2D eigenvalue weighted by atomic mass is 16.6. The van der Waals surface area contributed by atoms with Crippen molar-refractivity contribution in [1.29, 1.82) is 0 Å². The first kappa shape index (κ1) is 18.1. The summed E-state index contributed by atoms with van der Waals surface area (Å²) in [6, 6.07) is 15.4. The Morgan fingerprint density at radius 2 is 1.88 bits per heavy atom. The molecule has 2 aromatic rings. The number of aryl methyl sites for hydroxylation is 1. The summed E-state index contributed by atoms with van der Waals surface area (Å²) in [5.41, 5.74) is 1.24. The Balaban J connectivity index is 1.51. The number of hydrogen-bond acceptors (Lipinski definition) is 4. The lowest BCUT2D eigenvalue weighted by Gasteiger charge is -2.27. The number of rotatable bonds is 7. The van der Waals surface area contributed by atoms with Crippen molar-refractivity contribution in [2.75, 3.05) is 13.2 Å². The molecule has 0 fully saturated rings. The average Bonchev–Trinajstić information content (AvgIpc) is 2.70. The molecule has 0 spiro atoms. The summed E-state index contributed by atoms with van der Waals surface area (Å²) >= 11 is 0. The minimum absolute atomic E-state index is 0.144. The molecule has 1 heterocycles. The van der Waals surface area contributed by atoms with Crippen molar-refractivity contribution >= 4 is 5.91 Å². The van der Waals surface area contributed by atoms with Crippen LogP contribution < -0.4 is 19.5 Å². The third-order valence-corrected chi connectivity index (χ3v) is 4.34. The quantitative estimate of drug-likeness (QED) is 0.827. The summed E-state index contributed by atoms with van der Waals surface area (Å²) in [6.07, 6.45) is 0.825. The molecule has 0 saturated heterocycles. The number of benzene rings is 2. The van der Waals surface area contributed by atoms with E-state index in [1.807, 2.05) is 55.5 Å². The molecule has 5 nitrogen and oxygen atoms in total. The number of amides is 1. The number of ether oxygens (including phenoxy) is 3. The van der Waals surface area contributed by atoms with Crippen molar-refractivity contribution in [2.24, 2.45) is 0 Å². The van der Waals surface area contributed by atoms with Gasteiger partial charge in [-0.3, -0.25) is 4.79 Å². The van der Waals surface area contributed by atoms with E-state index in [0.29, 0.717) is 31.1 Å². The summed E-state index contributed by atoms with van der Waals surface area (Å²) in [4.78, 5) is 12.5. The highest BCUT2D eigenvalue weighted by Crippen LogP contribution is 2.30. The second kappa shape index (κ2) is 8.61. The van der Waals surface area contributed by atoms with Crippen LogP contribution in [0.2, 0.25) is 0 Å². The predicted molar refractivity (Wildman–Crippen MR) is 99.9 cm³/mol. The minimum atomic E-state index is -0.528. The molecule has 0 bridgehead atoms. The number of nitrogens with one attached hydrogen (secondary N) is 1. The van der Waals surface area contributed by atoms with Crippen LogP contribution in [-0.4, -0.2) is 31.3 Å². The fourth-order valence-electron chi connectivity index (χ4n) is 2.78. The molecule has 1 N–H and O–H groups in total. The molecule has 0 saturated carbocycles. The second-order valence-electron chi connectivity index (χ2n) is 6.25. The topological polar surface area (TPSA) is 56.8 Å². The van der Waals surface area contributed by atoms with Gasteiger partial charge >= 0.3 is 0 Å². The van der Waals surface area contributed by atoms with Crippen LogP contribution in [0.5, 0.6) is 17.2 Å².